The fourth-order valence-corrected chi connectivity index (χ4v) is 6.66. The molecule has 1 saturated heterocycles. The van der Waals surface area contributed by atoms with Crippen LogP contribution in [-0.4, -0.2) is 28.2 Å². The van der Waals surface area contributed by atoms with Crippen LogP contribution in [0.4, 0.5) is 11.4 Å². The van der Waals surface area contributed by atoms with Gasteiger partial charge in [-0.2, -0.15) is 0 Å². The van der Waals surface area contributed by atoms with Crippen LogP contribution < -0.4 is 9.80 Å². The summed E-state index contributed by atoms with van der Waals surface area (Å²) in [7, 11) is 0. The van der Waals surface area contributed by atoms with Gasteiger partial charge in [0.05, 0.1) is 11.4 Å². The molecule has 6 heteroatoms. The minimum absolute atomic E-state index is 0.0415. The molecule has 1 fully saturated rings. The van der Waals surface area contributed by atoms with Gasteiger partial charge in [-0.05, 0) is 62.9 Å². The summed E-state index contributed by atoms with van der Waals surface area (Å²) in [6.07, 6.45) is 0.878. The van der Waals surface area contributed by atoms with Gasteiger partial charge in [0, 0.05) is 16.8 Å². The summed E-state index contributed by atoms with van der Waals surface area (Å²) in [6.45, 7) is 8.49. The summed E-state index contributed by atoms with van der Waals surface area (Å²) >= 11 is 1.41. The maximum Gasteiger partial charge on any atom is 0.269 e. The summed E-state index contributed by atoms with van der Waals surface area (Å²) in [5.74, 6) is 0.587. The van der Waals surface area contributed by atoms with Crippen LogP contribution in [-0.2, 0) is 14.5 Å². The minimum atomic E-state index is -1.09. The number of phenolic OH excluding ortho intramolecular Hbond substituents is 1. The van der Waals surface area contributed by atoms with E-state index in [1.54, 1.807) is 29.2 Å². The van der Waals surface area contributed by atoms with Crippen molar-refractivity contribution >= 4 is 35.0 Å². The lowest BCUT2D eigenvalue weighted by Crippen LogP contribution is -2.56. The third-order valence-electron chi connectivity index (χ3n) is 6.38. The number of hydrogen-bond acceptors (Lipinski definition) is 4. The van der Waals surface area contributed by atoms with Gasteiger partial charge in [0.15, 0.2) is 0 Å². The Morgan fingerprint density at radius 1 is 1.10 bits per heavy atom. The topological polar surface area (TPSA) is 60.9 Å². The van der Waals surface area contributed by atoms with Crippen molar-refractivity contribution in [1.82, 2.24) is 0 Å². The zero-order valence-corrected chi connectivity index (χ0v) is 17.8. The second-order valence-electron chi connectivity index (χ2n) is 8.99. The molecule has 0 aliphatic carbocycles. The van der Waals surface area contributed by atoms with Crippen LogP contribution in [0.1, 0.15) is 49.8 Å². The van der Waals surface area contributed by atoms with Gasteiger partial charge in [0.25, 0.3) is 5.91 Å². The number of nitrogens with zero attached hydrogens (tertiary/aromatic N) is 2. The van der Waals surface area contributed by atoms with Crippen LogP contribution in [0.15, 0.2) is 36.4 Å². The predicted molar refractivity (Wildman–Crippen MR) is 116 cm³/mol. The van der Waals surface area contributed by atoms with E-state index in [2.05, 4.69) is 39.8 Å². The lowest BCUT2D eigenvalue weighted by molar-refractivity contribution is -0.124. The number of benzene rings is 2. The van der Waals surface area contributed by atoms with Gasteiger partial charge < -0.3 is 10.0 Å². The monoisotopic (exact) mass is 408 g/mol. The number of carbonyl (C=O) groups excluding carboxylic acids is 2. The van der Waals surface area contributed by atoms with E-state index in [-0.39, 0.29) is 28.9 Å². The van der Waals surface area contributed by atoms with Crippen molar-refractivity contribution in [3.8, 4) is 5.75 Å². The molecular weight excluding hydrogens is 384 g/mol. The molecular formula is C23H24N2O3S. The highest BCUT2D eigenvalue weighted by Gasteiger charge is 2.64. The van der Waals surface area contributed by atoms with Crippen molar-refractivity contribution in [3.63, 3.8) is 0 Å². The first-order chi connectivity index (χ1) is 13.7. The van der Waals surface area contributed by atoms with Crippen molar-refractivity contribution < 1.29 is 14.7 Å². The number of hydrogen-bond donors (Lipinski definition) is 1. The first-order valence-corrected chi connectivity index (χ1v) is 10.9. The van der Waals surface area contributed by atoms with Crippen LogP contribution in [0, 0.1) is 6.92 Å². The number of carbonyl (C=O) groups is 2. The fourth-order valence-electron chi connectivity index (χ4n) is 5.34. The molecule has 5 rings (SSSR count). The number of thioether (sulfide) groups is 1. The smallest absolute Gasteiger partial charge is 0.269 e. The van der Waals surface area contributed by atoms with Crippen LogP contribution in [0.3, 0.4) is 0 Å². The minimum Gasteiger partial charge on any atom is -0.508 e. The molecule has 1 N–H and O–H groups in total. The number of fused-ring (bicyclic) bond motifs is 1. The summed E-state index contributed by atoms with van der Waals surface area (Å²) in [6, 6.07) is 10.8. The first kappa shape index (κ1) is 18.6. The quantitative estimate of drug-likeness (QED) is 0.766. The lowest BCUT2D eigenvalue weighted by atomic mass is 9.80. The maximum absolute atomic E-state index is 14.1. The van der Waals surface area contributed by atoms with Crippen molar-refractivity contribution in [2.75, 3.05) is 15.6 Å². The Kier molecular flexibility index (Phi) is 3.70. The van der Waals surface area contributed by atoms with Gasteiger partial charge in [0.2, 0.25) is 10.8 Å². The average molecular weight is 409 g/mol. The molecule has 0 bridgehead atoms. The predicted octanol–water partition coefficient (Wildman–Crippen LogP) is 4.27. The number of anilines is 2. The molecule has 0 radical (unpaired) electrons. The van der Waals surface area contributed by atoms with Crippen molar-refractivity contribution in [1.29, 1.82) is 0 Å². The van der Waals surface area contributed by atoms with E-state index in [0.717, 1.165) is 23.2 Å². The molecule has 1 spiro atoms. The Morgan fingerprint density at radius 3 is 2.48 bits per heavy atom. The van der Waals surface area contributed by atoms with Gasteiger partial charge >= 0.3 is 0 Å². The summed E-state index contributed by atoms with van der Waals surface area (Å²) < 4.78 is 0. The second-order valence-corrected chi connectivity index (χ2v) is 10.2. The van der Waals surface area contributed by atoms with Gasteiger partial charge in [-0.15, -0.1) is 11.8 Å². The normalized spacial score (nSPS) is 27.1. The molecule has 0 saturated carbocycles. The molecule has 29 heavy (non-hydrogen) atoms. The van der Waals surface area contributed by atoms with Gasteiger partial charge in [-0.1, -0.05) is 24.6 Å². The Morgan fingerprint density at radius 2 is 1.79 bits per heavy atom. The number of amides is 2. The number of rotatable bonds is 1. The molecule has 5 nitrogen and oxygen atoms in total. The highest BCUT2D eigenvalue weighted by Crippen LogP contribution is 2.61. The Bertz CT molecular complexity index is 1060. The fraction of sp³-hybridized carbons (Fsp3) is 0.391. The Labute approximate surface area is 174 Å². The average Bonchev–Trinajstić information content (AvgIpc) is 3.11. The molecule has 2 atom stereocenters. The summed E-state index contributed by atoms with van der Waals surface area (Å²) in [5, 5.41) is 9.71. The zero-order valence-electron chi connectivity index (χ0n) is 17.0. The standard InChI is InChI=1S/C23H24N2O3S/c1-13-9-17-14(2)11-22(3,4)25-20(17)18(10-13)23(21(25)28)24(19(27)12-29-23)15-5-7-16(26)8-6-15/h5-10,14,26H,11-12H2,1-4H3. The summed E-state index contributed by atoms with van der Waals surface area (Å²) in [5.41, 5.74) is 4.49. The SMILES string of the molecule is Cc1cc2c3c(c1)C1(SCC(=O)N1c1ccc(O)cc1)C(=O)N3C(C)(C)CC2C. The van der Waals surface area contributed by atoms with E-state index in [1.807, 2.05) is 4.90 Å². The molecule has 2 aromatic rings. The molecule has 0 aromatic heterocycles. The Hall–Kier alpha value is -2.47. The number of phenols is 1. The van der Waals surface area contributed by atoms with Gasteiger partial charge in [0.1, 0.15) is 5.75 Å². The van der Waals surface area contributed by atoms with E-state index < -0.39 is 4.87 Å². The third kappa shape index (κ3) is 2.29. The molecule has 3 aliphatic rings. The lowest BCUT2D eigenvalue weighted by Gasteiger charge is -2.44. The molecule has 150 valence electrons. The third-order valence-corrected chi connectivity index (χ3v) is 7.77. The number of aromatic hydroxyl groups is 1. The van der Waals surface area contributed by atoms with E-state index in [4.69, 9.17) is 0 Å². The van der Waals surface area contributed by atoms with Gasteiger partial charge in [-0.3, -0.25) is 14.5 Å². The zero-order chi connectivity index (χ0) is 20.7. The second kappa shape index (κ2) is 5.79. The van der Waals surface area contributed by atoms with Gasteiger partial charge in [-0.25, -0.2) is 0 Å². The van der Waals surface area contributed by atoms with Crippen LogP contribution in [0.5, 0.6) is 5.75 Å². The number of aryl methyl sites for hydroxylation is 1. The molecule has 2 aromatic carbocycles. The van der Waals surface area contributed by atoms with Crippen molar-refractivity contribution in [3.05, 3.63) is 53.1 Å². The van der Waals surface area contributed by atoms with E-state index in [1.165, 1.54) is 17.3 Å². The first-order valence-electron chi connectivity index (χ1n) is 9.92. The van der Waals surface area contributed by atoms with E-state index in [9.17, 15) is 14.7 Å². The maximum atomic E-state index is 14.1. The van der Waals surface area contributed by atoms with Crippen molar-refractivity contribution in [2.45, 2.75) is 50.4 Å². The highest BCUT2D eigenvalue weighted by atomic mass is 32.2. The molecule has 2 amide bonds. The highest BCUT2D eigenvalue weighted by molar-refractivity contribution is 8.02. The largest absolute Gasteiger partial charge is 0.508 e. The Balaban J connectivity index is 1.81. The molecule has 2 unspecified atom stereocenters. The van der Waals surface area contributed by atoms with E-state index >= 15 is 0 Å². The van der Waals surface area contributed by atoms with Crippen LogP contribution in [0.2, 0.25) is 0 Å². The van der Waals surface area contributed by atoms with E-state index in [0.29, 0.717) is 11.6 Å². The van der Waals surface area contributed by atoms with Crippen molar-refractivity contribution in [2.24, 2.45) is 0 Å². The molecule has 3 aliphatic heterocycles. The van der Waals surface area contributed by atoms with Crippen LogP contribution in [0.25, 0.3) is 0 Å². The summed E-state index contributed by atoms with van der Waals surface area (Å²) in [4.78, 5) is 29.6. The molecule has 3 heterocycles. The van der Waals surface area contributed by atoms with Crippen LogP contribution >= 0.6 is 11.8 Å².